The number of nitrogens with one attached hydrogen (secondary N) is 2. The lowest BCUT2D eigenvalue weighted by molar-refractivity contribution is -0.114. The number of anilines is 2. The first-order valence-electron chi connectivity index (χ1n) is 6.88. The summed E-state index contributed by atoms with van der Waals surface area (Å²) in [5, 5.41) is 5.51. The lowest BCUT2D eigenvalue weighted by atomic mass is 10.1. The van der Waals surface area contributed by atoms with Gasteiger partial charge in [-0.3, -0.25) is 9.59 Å². The minimum atomic E-state index is -0.267. The number of carbonyl (C=O) groups is 2. The number of hydrogen-bond donors (Lipinski definition) is 2. The molecule has 1 aromatic heterocycles. The molecule has 2 rings (SSSR count). The SMILES string of the molecule is CC(=O)Nc1cccc(NC(=O)/C=C/c2ccc(C)o2)c1C. The molecule has 0 saturated carbocycles. The quantitative estimate of drug-likeness (QED) is 0.848. The Kier molecular flexibility index (Phi) is 4.78. The molecule has 0 radical (unpaired) electrons. The summed E-state index contributed by atoms with van der Waals surface area (Å²) < 4.78 is 5.36. The van der Waals surface area contributed by atoms with E-state index in [-0.39, 0.29) is 11.8 Å². The second-order valence-corrected chi connectivity index (χ2v) is 4.93. The Hall–Kier alpha value is -2.82. The van der Waals surface area contributed by atoms with Crippen molar-refractivity contribution in [2.75, 3.05) is 10.6 Å². The van der Waals surface area contributed by atoms with Gasteiger partial charge in [0.15, 0.2) is 0 Å². The lowest BCUT2D eigenvalue weighted by Gasteiger charge is -2.11. The van der Waals surface area contributed by atoms with Crippen LogP contribution < -0.4 is 10.6 Å². The van der Waals surface area contributed by atoms with Crippen molar-refractivity contribution in [2.24, 2.45) is 0 Å². The summed E-state index contributed by atoms with van der Waals surface area (Å²) in [5.74, 6) is 0.993. The zero-order valence-electron chi connectivity index (χ0n) is 12.8. The molecule has 0 aliphatic carbocycles. The second kappa shape index (κ2) is 6.76. The van der Waals surface area contributed by atoms with E-state index in [9.17, 15) is 9.59 Å². The van der Waals surface area contributed by atoms with Crippen LogP contribution >= 0.6 is 0 Å². The summed E-state index contributed by atoms with van der Waals surface area (Å²) in [4.78, 5) is 23.1. The van der Waals surface area contributed by atoms with E-state index in [2.05, 4.69) is 10.6 Å². The molecule has 0 bridgehead atoms. The van der Waals surface area contributed by atoms with Crippen molar-refractivity contribution in [1.82, 2.24) is 0 Å². The first-order valence-corrected chi connectivity index (χ1v) is 6.88. The largest absolute Gasteiger partial charge is 0.462 e. The van der Waals surface area contributed by atoms with E-state index >= 15 is 0 Å². The number of benzene rings is 1. The third kappa shape index (κ3) is 4.09. The number of amides is 2. The molecule has 5 nitrogen and oxygen atoms in total. The molecule has 0 fully saturated rings. The number of furan rings is 1. The van der Waals surface area contributed by atoms with E-state index < -0.39 is 0 Å². The first-order chi connectivity index (χ1) is 10.5. The predicted molar refractivity (Wildman–Crippen MR) is 86.6 cm³/mol. The zero-order chi connectivity index (χ0) is 16.1. The van der Waals surface area contributed by atoms with Gasteiger partial charge in [0.1, 0.15) is 11.5 Å². The fourth-order valence-corrected chi connectivity index (χ4v) is 1.97. The van der Waals surface area contributed by atoms with Crippen LogP contribution in [0.4, 0.5) is 11.4 Å². The molecule has 1 aromatic carbocycles. The third-order valence-electron chi connectivity index (χ3n) is 3.06. The predicted octanol–water partition coefficient (Wildman–Crippen LogP) is 3.51. The zero-order valence-corrected chi connectivity index (χ0v) is 12.8. The van der Waals surface area contributed by atoms with Crippen LogP contribution in [0.3, 0.4) is 0 Å². The van der Waals surface area contributed by atoms with E-state index in [0.29, 0.717) is 17.1 Å². The number of carbonyl (C=O) groups excluding carboxylic acids is 2. The topological polar surface area (TPSA) is 71.3 Å². The van der Waals surface area contributed by atoms with Crippen molar-refractivity contribution < 1.29 is 14.0 Å². The second-order valence-electron chi connectivity index (χ2n) is 4.93. The minimum absolute atomic E-state index is 0.153. The van der Waals surface area contributed by atoms with Crippen LogP contribution in [0.15, 0.2) is 40.8 Å². The van der Waals surface area contributed by atoms with E-state index in [4.69, 9.17) is 4.42 Å². The molecule has 2 amide bonds. The highest BCUT2D eigenvalue weighted by Crippen LogP contribution is 2.23. The lowest BCUT2D eigenvalue weighted by Crippen LogP contribution is -2.11. The Labute approximate surface area is 129 Å². The van der Waals surface area contributed by atoms with Crippen LogP contribution in [0, 0.1) is 13.8 Å². The summed E-state index contributed by atoms with van der Waals surface area (Å²) in [5.41, 5.74) is 2.13. The fourth-order valence-electron chi connectivity index (χ4n) is 1.97. The molecule has 22 heavy (non-hydrogen) atoms. The number of hydrogen-bond acceptors (Lipinski definition) is 3. The monoisotopic (exact) mass is 298 g/mol. The molecule has 0 unspecified atom stereocenters. The van der Waals surface area contributed by atoms with E-state index in [0.717, 1.165) is 11.3 Å². The van der Waals surface area contributed by atoms with Gasteiger partial charge in [-0.1, -0.05) is 6.07 Å². The van der Waals surface area contributed by atoms with Crippen LogP contribution in [0.25, 0.3) is 6.08 Å². The summed E-state index contributed by atoms with van der Waals surface area (Å²) in [6, 6.07) is 8.96. The van der Waals surface area contributed by atoms with Crippen molar-refractivity contribution in [3.63, 3.8) is 0 Å². The molecule has 0 saturated heterocycles. The molecule has 2 N–H and O–H groups in total. The van der Waals surface area contributed by atoms with Gasteiger partial charge in [0.05, 0.1) is 0 Å². The maximum absolute atomic E-state index is 12.0. The summed E-state index contributed by atoms with van der Waals surface area (Å²) in [6.45, 7) is 5.12. The van der Waals surface area contributed by atoms with Gasteiger partial charge in [-0.2, -0.15) is 0 Å². The molecule has 5 heteroatoms. The summed E-state index contributed by atoms with van der Waals surface area (Å²) in [7, 11) is 0. The maximum atomic E-state index is 12.0. The minimum Gasteiger partial charge on any atom is -0.462 e. The van der Waals surface area contributed by atoms with Crippen molar-refractivity contribution in [3.05, 3.63) is 53.5 Å². The summed E-state index contributed by atoms with van der Waals surface area (Å²) in [6.07, 6.45) is 3.01. The number of rotatable bonds is 4. The first kappa shape index (κ1) is 15.6. The Balaban J connectivity index is 2.08. The number of aryl methyl sites for hydroxylation is 1. The van der Waals surface area contributed by atoms with Crippen LogP contribution in [0.2, 0.25) is 0 Å². The molecular formula is C17H18N2O3. The van der Waals surface area contributed by atoms with Gasteiger partial charge < -0.3 is 15.1 Å². The van der Waals surface area contributed by atoms with Gasteiger partial charge in [-0.05, 0) is 49.8 Å². The maximum Gasteiger partial charge on any atom is 0.248 e. The van der Waals surface area contributed by atoms with Crippen LogP contribution in [0.1, 0.15) is 24.0 Å². The van der Waals surface area contributed by atoms with E-state index in [1.807, 2.05) is 19.9 Å². The fraction of sp³-hybridized carbons (Fsp3) is 0.176. The Morgan fingerprint density at radius 1 is 1.05 bits per heavy atom. The Bertz CT molecular complexity index is 729. The van der Waals surface area contributed by atoms with E-state index in [1.54, 1.807) is 30.3 Å². The molecule has 1 heterocycles. The molecule has 0 aliphatic heterocycles. The van der Waals surface area contributed by atoms with E-state index in [1.165, 1.54) is 13.0 Å². The van der Waals surface area contributed by atoms with Crippen LogP contribution in [0.5, 0.6) is 0 Å². The molecule has 0 atom stereocenters. The molecule has 114 valence electrons. The van der Waals surface area contributed by atoms with Crippen molar-refractivity contribution in [1.29, 1.82) is 0 Å². The Morgan fingerprint density at radius 2 is 1.73 bits per heavy atom. The highest BCUT2D eigenvalue weighted by Gasteiger charge is 2.07. The molecular weight excluding hydrogens is 280 g/mol. The van der Waals surface area contributed by atoms with Crippen molar-refractivity contribution >= 4 is 29.3 Å². The average molecular weight is 298 g/mol. The summed E-state index contributed by atoms with van der Waals surface area (Å²) >= 11 is 0. The average Bonchev–Trinajstić information content (AvgIpc) is 2.86. The highest BCUT2D eigenvalue weighted by atomic mass is 16.3. The van der Waals surface area contributed by atoms with Gasteiger partial charge in [0.25, 0.3) is 0 Å². The van der Waals surface area contributed by atoms with Crippen LogP contribution in [-0.4, -0.2) is 11.8 Å². The van der Waals surface area contributed by atoms with Gasteiger partial charge in [0, 0.05) is 24.4 Å². The van der Waals surface area contributed by atoms with Crippen LogP contribution in [-0.2, 0) is 9.59 Å². The van der Waals surface area contributed by atoms with Gasteiger partial charge >= 0.3 is 0 Å². The van der Waals surface area contributed by atoms with Gasteiger partial charge in [0.2, 0.25) is 11.8 Å². The van der Waals surface area contributed by atoms with Crippen molar-refractivity contribution in [3.8, 4) is 0 Å². The molecule has 2 aromatic rings. The van der Waals surface area contributed by atoms with Crippen molar-refractivity contribution in [2.45, 2.75) is 20.8 Å². The smallest absolute Gasteiger partial charge is 0.248 e. The normalized spacial score (nSPS) is 10.7. The van der Waals surface area contributed by atoms with Gasteiger partial charge in [-0.25, -0.2) is 0 Å². The standard InChI is InChI=1S/C17H18N2O3/c1-11-7-8-14(22-11)9-10-17(21)19-16-6-4-5-15(12(16)2)18-13(3)20/h4-10H,1-3H3,(H,18,20)(H,19,21)/b10-9+. The van der Waals surface area contributed by atoms with Gasteiger partial charge in [-0.15, -0.1) is 0 Å². The Morgan fingerprint density at radius 3 is 2.32 bits per heavy atom. The highest BCUT2D eigenvalue weighted by molar-refractivity contribution is 6.03. The molecule has 0 aliphatic rings. The third-order valence-corrected chi connectivity index (χ3v) is 3.06. The molecule has 0 spiro atoms.